The molecule has 12 heteroatoms. The third kappa shape index (κ3) is 5.16. The Kier molecular flexibility index (Phi) is 6.98. The molecule has 4 rings (SSSR count). The van der Waals surface area contributed by atoms with Crippen LogP contribution in [0.2, 0.25) is 0 Å². The summed E-state index contributed by atoms with van der Waals surface area (Å²) in [5, 5.41) is 13.2. The highest BCUT2D eigenvalue weighted by molar-refractivity contribution is 6.53. The van der Waals surface area contributed by atoms with Gasteiger partial charge in [-0.15, -0.1) is 0 Å². The maximum Gasteiger partial charge on any atom is 0.343 e. The van der Waals surface area contributed by atoms with Crippen molar-refractivity contribution in [3.8, 4) is 5.75 Å². The van der Waals surface area contributed by atoms with E-state index in [1.165, 1.54) is 79.9 Å². The number of non-ortho nitro benzene ring substituents is 1. The average molecular weight is 522 g/mol. The zero-order valence-corrected chi connectivity index (χ0v) is 19.7. The Morgan fingerprint density at radius 3 is 2.00 bits per heavy atom. The predicted molar refractivity (Wildman–Crippen MR) is 131 cm³/mol. The highest BCUT2D eigenvalue weighted by atomic mass is 35.5. The number of amides is 2. The summed E-state index contributed by atoms with van der Waals surface area (Å²) in [6, 6.07) is 16.5. The minimum atomic E-state index is -0.747. The molecular weight excluding hydrogens is 506 g/mol. The summed E-state index contributed by atoms with van der Waals surface area (Å²) in [5.41, 5.74) is 0.691. The monoisotopic (exact) mass is 521 g/mol. The topological polar surface area (TPSA) is 145 Å². The number of nitrogens with zero attached hydrogens (tertiary/aromatic N) is 2. The minimum Gasteiger partial charge on any atom is -0.465 e. The number of ether oxygens (including phenoxy) is 2. The summed E-state index contributed by atoms with van der Waals surface area (Å²) < 4.78 is 9.84. The quantitative estimate of drug-likeness (QED) is 0.160. The number of imide groups is 1. The summed E-state index contributed by atoms with van der Waals surface area (Å²) in [6.07, 6.45) is 0. The van der Waals surface area contributed by atoms with Crippen molar-refractivity contribution < 1.29 is 33.6 Å². The molecule has 0 atom stereocenters. The van der Waals surface area contributed by atoms with Crippen molar-refractivity contribution in [1.29, 1.82) is 0 Å². The van der Waals surface area contributed by atoms with Crippen LogP contribution in [-0.2, 0) is 14.3 Å². The smallest absolute Gasteiger partial charge is 0.343 e. The van der Waals surface area contributed by atoms with Crippen LogP contribution in [0, 0.1) is 10.1 Å². The molecule has 0 bridgehead atoms. The van der Waals surface area contributed by atoms with E-state index in [9.17, 15) is 29.3 Å². The second-order valence-electron chi connectivity index (χ2n) is 7.52. The van der Waals surface area contributed by atoms with Crippen molar-refractivity contribution in [3.63, 3.8) is 0 Å². The molecule has 0 radical (unpaired) electrons. The highest BCUT2D eigenvalue weighted by Crippen LogP contribution is 2.30. The van der Waals surface area contributed by atoms with Gasteiger partial charge in [0.05, 0.1) is 28.8 Å². The van der Waals surface area contributed by atoms with E-state index >= 15 is 0 Å². The SMILES string of the molecule is COC(=O)c1ccc(N2C(=O)C(Cl)=C(Nc3ccc(C(=O)Oc4ccc([N+](=O)[O-])cc4)cc3)C2=O)cc1. The number of carbonyl (C=O) groups is 4. The molecule has 0 aromatic heterocycles. The standard InChI is InChI=1S/C25H16ClN3O8/c1-36-24(32)14-4-8-17(9-5-14)28-22(30)20(26)21(23(28)31)27-16-6-2-15(3-7-16)25(33)37-19-12-10-18(11-13-19)29(34)35/h2-13,27H,1H3. The molecule has 1 aliphatic rings. The molecule has 3 aromatic carbocycles. The second-order valence-corrected chi connectivity index (χ2v) is 7.89. The van der Waals surface area contributed by atoms with Crippen LogP contribution in [0.25, 0.3) is 0 Å². The van der Waals surface area contributed by atoms with E-state index in [0.29, 0.717) is 5.69 Å². The number of nitro benzene ring substituents is 1. The molecular formula is C25H16ClN3O8. The Hall–Kier alpha value is -5.03. The van der Waals surface area contributed by atoms with Gasteiger partial charge in [0.15, 0.2) is 0 Å². The number of anilines is 2. The first-order valence-corrected chi connectivity index (χ1v) is 10.9. The lowest BCUT2D eigenvalue weighted by atomic mass is 10.2. The van der Waals surface area contributed by atoms with Gasteiger partial charge in [-0.05, 0) is 60.7 Å². The lowest BCUT2D eigenvalue weighted by molar-refractivity contribution is -0.384. The molecule has 1 aliphatic heterocycles. The molecule has 0 saturated carbocycles. The van der Waals surface area contributed by atoms with Gasteiger partial charge in [0, 0.05) is 17.8 Å². The highest BCUT2D eigenvalue weighted by Gasteiger charge is 2.39. The maximum atomic E-state index is 12.9. The van der Waals surface area contributed by atoms with Crippen LogP contribution in [0.15, 0.2) is 83.5 Å². The van der Waals surface area contributed by atoms with Crippen molar-refractivity contribution in [1.82, 2.24) is 0 Å². The molecule has 0 aliphatic carbocycles. The number of halogens is 1. The minimum absolute atomic E-state index is 0.129. The predicted octanol–water partition coefficient (Wildman–Crippen LogP) is 4.04. The molecule has 37 heavy (non-hydrogen) atoms. The molecule has 11 nitrogen and oxygen atoms in total. The van der Waals surface area contributed by atoms with Crippen LogP contribution in [0.5, 0.6) is 5.75 Å². The molecule has 0 saturated heterocycles. The lowest BCUT2D eigenvalue weighted by Gasteiger charge is -2.15. The number of hydrogen-bond donors (Lipinski definition) is 1. The zero-order chi connectivity index (χ0) is 26.7. The van der Waals surface area contributed by atoms with Crippen LogP contribution >= 0.6 is 11.6 Å². The summed E-state index contributed by atoms with van der Waals surface area (Å²) in [7, 11) is 1.24. The van der Waals surface area contributed by atoms with Crippen molar-refractivity contribution >= 4 is 52.4 Å². The van der Waals surface area contributed by atoms with Gasteiger partial charge in [-0.3, -0.25) is 19.7 Å². The third-order valence-electron chi connectivity index (χ3n) is 5.22. The average Bonchev–Trinajstić information content (AvgIpc) is 3.11. The molecule has 0 fully saturated rings. The Labute approximate surface area is 214 Å². The van der Waals surface area contributed by atoms with E-state index in [1.807, 2.05) is 0 Å². The molecule has 3 aromatic rings. The van der Waals surface area contributed by atoms with Crippen molar-refractivity contribution in [3.05, 3.63) is 105 Å². The fraction of sp³-hybridized carbons (Fsp3) is 0.0400. The normalized spacial score (nSPS) is 13.0. The van der Waals surface area contributed by atoms with Crippen molar-refractivity contribution in [2.45, 2.75) is 0 Å². The van der Waals surface area contributed by atoms with Gasteiger partial charge in [0.2, 0.25) is 0 Å². The molecule has 1 N–H and O–H groups in total. The Bertz CT molecular complexity index is 1450. The van der Waals surface area contributed by atoms with Gasteiger partial charge in [0.25, 0.3) is 17.5 Å². The summed E-state index contributed by atoms with van der Waals surface area (Å²) >= 11 is 6.14. The zero-order valence-electron chi connectivity index (χ0n) is 19.0. The van der Waals surface area contributed by atoms with Gasteiger partial charge in [-0.2, -0.15) is 0 Å². The fourth-order valence-corrected chi connectivity index (χ4v) is 3.56. The number of methoxy groups -OCH3 is 1. The van der Waals surface area contributed by atoms with E-state index < -0.39 is 28.7 Å². The van der Waals surface area contributed by atoms with Gasteiger partial charge in [-0.1, -0.05) is 11.6 Å². The molecule has 1 heterocycles. The number of rotatable bonds is 7. The van der Waals surface area contributed by atoms with Gasteiger partial charge in [-0.25, -0.2) is 14.5 Å². The van der Waals surface area contributed by atoms with Crippen LogP contribution in [0.4, 0.5) is 17.1 Å². The first kappa shape index (κ1) is 25.1. The van der Waals surface area contributed by atoms with Crippen LogP contribution in [0.1, 0.15) is 20.7 Å². The van der Waals surface area contributed by atoms with E-state index in [4.69, 9.17) is 16.3 Å². The van der Waals surface area contributed by atoms with E-state index in [1.54, 1.807) is 0 Å². The van der Waals surface area contributed by atoms with Gasteiger partial charge >= 0.3 is 11.9 Å². The second kappa shape index (κ2) is 10.3. The molecule has 0 spiro atoms. The molecule has 2 amide bonds. The largest absolute Gasteiger partial charge is 0.465 e. The third-order valence-corrected chi connectivity index (χ3v) is 5.57. The number of nitrogens with one attached hydrogen (secondary N) is 1. The number of nitro groups is 1. The Balaban J connectivity index is 1.44. The number of esters is 2. The van der Waals surface area contributed by atoms with E-state index in [-0.39, 0.29) is 39.0 Å². The van der Waals surface area contributed by atoms with Crippen LogP contribution in [0.3, 0.4) is 0 Å². The van der Waals surface area contributed by atoms with Crippen LogP contribution < -0.4 is 15.0 Å². The Morgan fingerprint density at radius 1 is 0.865 bits per heavy atom. The summed E-state index contributed by atoms with van der Waals surface area (Å²) in [5.74, 6) is -2.59. The summed E-state index contributed by atoms with van der Waals surface area (Å²) in [6.45, 7) is 0. The van der Waals surface area contributed by atoms with Crippen molar-refractivity contribution in [2.24, 2.45) is 0 Å². The summed E-state index contributed by atoms with van der Waals surface area (Å²) in [4.78, 5) is 60.6. The van der Waals surface area contributed by atoms with Gasteiger partial charge in [0.1, 0.15) is 16.5 Å². The first-order valence-electron chi connectivity index (χ1n) is 10.5. The Morgan fingerprint density at radius 2 is 1.43 bits per heavy atom. The molecule has 186 valence electrons. The van der Waals surface area contributed by atoms with E-state index in [0.717, 1.165) is 4.90 Å². The number of hydrogen-bond acceptors (Lipinski definition) is 9. The lowest BCUT2D eigenvalue weighted by Crippen LogP contribution is -2.32. The number of benzene rings is 3. The van der Waals surface area contributed by atoms with Crippen LogP contribution in [-0.4, -0.2) is 35.8 Å². The fourth-order valence-electron chi connectivity index (χ4n) is 3.35. The maximum absolute atomic E-state index is 12.9. The number of carbonyl (C=O) groups excluding carboxylic acids is 4. The van der Waals surface area contributed by atoms with Crippen molar-refractivity contribution in [2.75, 3.05) is 17.3 Å². The van der Waals surface area contributed by atoms with Gasteiger partial charge < -0.3 is 14.8 Å². The first-order chi connectivity index (χ1) is 17.7. The van der Waals surface area contributed by atoms with E-state index in [2.05, 4.69) is 10.1 Å². The molecule has 0 unspecified atom stereocenters.